The van der Waals surface area contributed by atoms with Crippen LogP contribution in [-0.4, -0.2) is 56.7 Å². The van der Waals surface area contributed by atoms with Crippen molar-refractivity contribution in [3.63, 3.8) is 0 Å². The molecule has 2 N–H and O–H groups in total. The first-order valence-corrected chi connectivity index (χ1v) is 21.6. The van der Waals surface area contributed by atoms with Crippen molar-refractivity contribution in [1.29, 1.82) is 0 Å². The van der Waals surface area contributed by atoms with Crippen LogP contribution in [0.2, 0.25) is 0 Å². The number of fused-ring (bicyclic) bond motifs is 2. The van der Waals surface area contributed by atoms with E-state index in [1.54, 1.807) is 0 Å². The number of nitrogens with zero attached hydrogens (tertiary/aromatic N) is 4. The van der Waals surface area contributed by atoms with Crippen molar-refractivity contribution in [2.45, 2.75) is 12.8 Å². The quantitative estimate of drug-likeness (QED) is 0.0968. The van der Waals surface area contributed by atoms with E-state index in [2.05, 4.69) is 154 Å². The van der Waals surface area contributed by atoms with Gasteiger partial charge in [-0.15, -0.1) is 8.68 Å². The third-order valence-corrected chi connectivity index (χ3v) is 13.8. The number of aliphatic hydroxyl groups is 2. The van der Waals surface area contributed by atoms with Gasteiger partial charge in [0.25, 0.3) is 0 Å². The summed E-state index contributed by atoms with van der Waals surface area (Å²) in [7, 11) is -3.69. The predicted molar refractivity (Wildman–Crippen MR) is 237 cm³/mol. The molecule has 0 amide bonds. The maximum absolute atomic E-state index is 10.3. The molecule has 6 bridgehead atoms. The Kier molecular flexibility index (Phi) is 9.94. The van der Waals surface area contributed by atoms with Gasteiger partial charge in [0.15, 0.2) is 0 Å². The van der Waals surface area contributed by atoms with Gasteiger partial charge in [0, 0.05) is 35.5 Å². The predicted octanol–water partition coefficient (Wildman–Crippen LogP) is 8.13. The number of aliphatic imine (C=N–C) groups is 2. The van der Waals surface area contributed by atoms with Crippen molar-refractivity contribution in [3.05, 3.63) is 226 Å². The van der Waals surface area contributed by atoms with Crippen LogP contribution in [0.3, 0.4) is 0 Å². The third kappa shape index (κ3) is 6.37. The molecule has 0 aliphatic carbocycles. The zero-order valence-electron chi connectivity index (χ0n) is 32.4. The Bertz CT molecular complexity index is 2700. The summed E-state index contributed by atoms with van der Waals surface area (Å²) in [6.45, 7) is 0.282. The van der Waals surface area contributed by atoms with Gasteiger partial charge in [-0.3, -0.25) is 0 Å². The molecule has 4 aliphatic rings. The molecule has 6 aromatic rings. The highest BCUT2D eigenvalue weighted by Crippen LogP contribution is 2.65. The Labute approximate surface area is 343 Å². The standard InChI is InChI=1S/C50H42N4O4P/c55-31-13-33-57-59(58-34-14-32-56)53-43-27-28-44(53)49(37-19-9-3-10-20-37)41-25-26-42(52-41)50(38-21-11-4-12-22-38)46-30-29-45(54(46)59)48(36-17-7-2-8-18-36)40-24-23-39(51-40)47(43)35-15-5-1-6-16-35/h1-12,15-30,55-56H,13-14,31-34H2/q+1. The number of allylic oxidation sites excluding steroid dienone is 4. The summed E-state index contributed by atoms with van der Waals surface area (Å²) in [5, 5.41) is 22.4. The van der Waals surface area contributed by atoms with Gasteiger partial charge in [0.05, 0.1) is 44.9 Å². The maximum Gasteiger partial charge on any atom is 0.497 e. The molecule has 0 unspecified atom stereocenters. The van der Waals surface area contributed by atoms with Gasteiger partial charge < -0.3 is 10.2 Å². The molecule has 290 valence electrons. The SMILES string of the molecule is OCCCO[P+]1(OCCCO)n2c3ccc2C(c2ccccc2)=C2C=CC(=N2)C(c2ccccc2)=c2ccc(n21)=C(c1ccccc1)C1=NC(=C3c2ccccc2)C=C1. The molecule has 2 aromatic heterocycles. The zero-order chi connectivity index (χ0) is 39.8. The Morgan fingerprint density at radius 3 is 1.17 bits per heavy atom. The molecule has 8 nitrogen and oxygen atoms in total. The molecule has 6 heterocycles. The number of hydrogen-bond donors (Lipinski definition) is 2. The Morgan fingerprint density at radius 2 is 0.797 bits per heavy atom. The number of rotatable bonds is 12. The average Bonchev–Trinajstić information content (AvgIpc) is 4.12. The van der Waals surface area contributed by atoms with Crippen molar-refractivity contribution >= 4 is 41.7 Å². The summed E-state index contributed by atoms with van der Waals surface area (Å²) in [5.74, 6) is 0. The van der Waals surface area contributed by atoms with Crippen LogP contribution >= 0.6 is 8.02 Å². The van der Waals surface area contributed by atoms with E-state index in [-0.39, 0.29) is 26.4 Å². The molecule has 0 atom stereocenters. The second kappa shape index (κ2) is 15.8. The Balaban J connectivity index is 1.50. The molecule has 4 aliphatic heterocycles. The van der Waals surface area contributed by atoms with E-state index in [1.165, 1.54) is 0 Å². The van der Waals surface area contributed by atoms with Crippen LogP contribution in [0.15, 0.2) is 191 Å². The summed E-state index contributed by atoms with van der Waals surface area (Å²) in [6.07, 6.45) is 9.22. The Morgan fingerprint density at radius 1 is 0.424 bits per heavy atom. The zero-order valence-corrected chi connectivity index (χ0v) is 33.2. The average molecular weight is 794 g/mol. The molecule has 10 rings (SSSR count). The van der Waals surface area contributed by atoms with E-state index in [4.69, 9.17) is 19.0 Å². The molecule has 0 saturated heterocycles. The summed E-state index contributed by atoms with van der Waals surface area (Å²) in [4.78, 5) is 11.0. The lowest BCUT2D eigenvalue weighted by Gasteiger charge is -2.30. The first kappa shape index (κ1) is 37.0. The summed E-state index contributed by atoms with van der Waals surface area (Å²) in [6, 6.07) is 50.1. The van der Waals surface area contributed by atoms with Crippen LogP contribution < -0.4 is 10.7 Å². The fourth-order valence-electron chi connectivity index (χ4n) is 8.42. The lowest BCUT2D eigenvalue weighted by Crippen LogP contribution is -2.39. The van der Waals surface area contributed by atoms with Crippen LogP contribution in [0.1, 0.15) is 46.5 Å². The maximum atomic E-state index is 10.3. The Hall–Kier alpha value is -6.25. The first-order chi connectivity index (χ1) is 29.2. The highest BCUT2D eigenvalue weighted by atomic mass is 31.2. The number of aliphatic hydroxyl groups excluding tert-OH is 2. The van der Waals surface area contributed by atoms with Crippen molar-refractivity contribution < 1.29 is 19.3 Å². The van der Waals surface area contributed by atoms with Gasteiger partial charge in [0.2, 0.25) is 0 Å². The number of aromatic nitrogens is 2. The van der Waals surface area contributed by atoms with E-state index >= 15 is 0 Å². The number of hydrogen-bond acceptors (Lipinski definition) is 6. The fourth-order valence-corrected chi connectivity index (χ4v) is 11.6. The number of benzene rings is 4. The second-order valence-electron chi connectivity index (χ2n) is 14.5. The summed E-state index contributed by atoms with van der Waals surface area (Å²) >= 11 is 0. The van der Waals surface area contributed by atoms with E-state index in [0.717, 1.165) is 89.4 Å². The van der Waals surface area contributed by atoms with Crippen LogP contribution in [0.5, 0.6) is 0 Å². The van der Waals surface area contributed by atoms with Crippen molar-refractivity contribution in [2.24, 2.45) is 9.98 Å². The van der Waals surface area contributed by atoms with Crippen LogP contribution in [-0.2, 0) is 9.05 Å². The minimum Gasteiger partial charge on any atom is -0.396 e. The van der Waals surface area contributed by atoms with Crippen LogP contribution in [0.4, 0.5) is 0 Å². The fraction of sp³-hybridized carbons (Fsp3) is 0.120. The van der Waals surface area contributed by atoms with Crippen molar-refractivity contribution in [1.82, 2.24) is 8.68 Å². The molecule has 59 heavy (non-hydrogen) atoms. The van der Waals surface area contributed by atoms with Gasteiger partial charge in [-0.2, -0.15) is 9.05 Å². The minimum atomic E-state index is -3.69. The minimum absolute atomic E-state index is 0.0592. The molecular formula is C50H42N4O4P+. The summed E-state index contributed by atoms with van der Waals surface area (Å²) in [5.41, 5.74) is 12.6. The van der Waals surface area contributed by atoms with Crippen LogP contribution in [0.25, 0.3) is 22.3 Å². The highest BCUT2D eigenvalue weighted by molar-refractivity contribution is 7.63. The van der Waals surface area contributed by atoms with Gasteiger partial charge in [-0.1, -0.05) is 121 Å². The van der Waals surface area contributed by atoms with Gasteiger partial charge in [-0.05, 0) is 83.7 Å². The topological polar surface area (TPSA) is 93.5 Å². The van der Waals surface area contributed by atoms with E-state index in [1.807, 2.05) is 24.3 Å². The lowest BCUT2D eigenvalue weighted by atomic mass is 10.0. The largest absolute Gasteiger partial charge is 0.497 e. The normalized spacial score (nSPS) is 16.2. The lowest BCUT2D eigenvalue weighted by molar-refractivity contribution is 0.177. The molecule has 0 saturated carbocycles. The van der Waals surface area contributed by atoms with E-state index in [0.29, 0.717) is 12.8 Å². The molecule has 0 radical (unpaired) electrons. The molecular weight excluding hydrogens is 752 g/mol. The van der Waals surface area contributed by atoms with Crippen molar-refractivity contribution in [2.75, 3.05) is 26.4 Å². The summed E-state index contributed by atoms with van der Waals surface area (Å²) < 4.78 is 19.6. The second-order valence-corrected chi connectivity index (χ2v) is 16.8. The molecule has 0 fully saturated rings. The van der Waals surface area contributed by atoms with Crippen molar-refractivity contribution in [3.8, 4) is 0 Å². The third-order valence-electron chi connectivity index (χ3n) is 10.9. The van der Waals surface area contributed by atoms with E-state index < -0.39 is 8.02 Å². The first-order valence-electron chi connectivity index (χ1n) is 20.0. The molecule has 4 aromatic carbocycles. The van der Waals surface area contributed by atoms with Crippen LogP contribution in [0, 0.1) is 0 Å². The smallest absolute Gasteiger partial charge is 0.396 e. The van der Waals surface area contributed by atoms with Gasteiger partial charge in [0.1, 0.15) is 13.2 Å². The molecule has 9 heteroatoms. The highest BCUT2D eigenvalue weighted by Gasteiger charge is 2.55. The van der Waals surface area contributed by atoms with E-state index in [9.17, 15) is 10.2 Å². The van der Waals surface area contributed by atoms with Gasteiger partial charge >= 0.3 is 8.02 Å². The molecule has 0 spiro atoms. The monoisotopic (exact) mass is 793 g/mol. The van der Waals surface area contributed by atoms with Gasteiger partial charge in [-0.25, -0.2) is 9.98 Å².